The molecule has 0 amide bonds. The third kappa shape index (κ3) is 4.67. The van der Waals surface area contributed by atoms with E-state index in [1.54, 1.807) is 0 Å². The molecule has 0 atom stereocenters. The number of rotatable bonds is 8. The Bertz CT molecular complexity index is 1470. The lowest BCUT2D eigenvalue weighted by Crippen LogP contribution is -2.38. The average Bonchev–Trinajstić information content (AvgIpc) is 3.48. The molecule has 0 unspecified atom stereocenters. The summed E-state index contributed by atoms with van der Waals surface area (Å²) in [5, 5.41) is 9.99. The van der Waals surface area contributed by atoms with Gasteiger partial charge < -0.3 is 18.8 Å². The molecule has 2 aromatic heterocycles. The van der Waals surface area contributed by atoms with Crippen LogP contribution in [0.15, 0.2) is 72.8 Å². The second kappa shape index (κ2) is 10.0. The normalized spacial score (nSPS) is 14.5. The van der Waals surface area contributed by atoms with Crippen LogP contribution < -0.4 is 9.47 Å². The number of aryl methyl sites for hydroxylation is 1. The molecular formula is C29H30N4O3. The molecule has 0 aliphatic carbocycles. The Morgan fingerprint density at radius 1 is 0.917 bits per heavy atom. The van der Waals surface area contributed by atoms with Gasteiger partial charge in [0.25, 0.3) is 0 Å². The minimum absolute atomic E-state index is 0.530. The summed E-state index contributed by atoms with van der Waals surface area (Å²) in [6, 6.07) is 24.7. The molecule has 3 heterocycles. The van der Waals surface area contributed by atoms with Crippen molar-refractivity contribution in [3.05, 3.63) is 78.4 Å². The monoisotopic (exact) mass is 482 g/mol. The zero-order valence-corrected chi connectivity index (χ0v) is 20.4. The predicted molar refractivity (Wildman–Crippen MR) is 142 cm³/mol. The number of nitrogens with zero attached hydrogens (tertiary/aromatic N) is 3. The lowest BCUT2D eigenvalue weighted by atomic mass is 10.1. The van der Waals surface area contributed by atoms with Gasteiger partial charge in [0, 0.05) is 43.0 Å². The first-order valence-electron chi connectivity index (χ1n) is 12.4. The fourth-order valence-electron chi connectivity index (χ4n) is 4.78. The highest BCUT2D eigenvalue weighted by atomic mass is 16.5. The van der Waals surface area contributed by atoms with E-state index in [2.05, 4.69) is 63.1 Å². The van der Waals surface area contributed by atoms with Gasteiger partial charge in [0.1, 0.15) is 30.4 Å². The zero-order chi connectivity index (χ0) is 24.3. The van der Waals surface area contributed by atoms with Gasteiger partial charge in [-0.25, -0.2) is 0 Å². The Kier molecular flexibility index (Phi) is 6.32. The molecule has 1 aliphatic rings. The Morgan fingerprint density at radius 2 is 1.72 bits per heavy atom. The van der Waals surface area contributed by atoms with Gasteiger partial charge in [0.15, 0.2) is 0 Å². The van der Waals surface area contributed by atoms with E-state index in [9.17, 15) is 0 Å². The Labute approximate surface area is 210 Å². The van der Waals surface area contributed by atoms with Gasteiger partial charge in [-0.15, -0.1) is 0 Å². The van der Waals surface area contributed by atoms with Crippen LogP contribution >= 0.6 is 0 Å². The fourth-order valence-corrected chi connectivity index (χ4v) is 4.78. The number of morpholine rings is 1. The molecule has 5 aromatic rings. The van der Waals surface area contributed by atoms with Crippen molar-refractivity contribution in [1.29, 1.82) is 0 Å². The summed E-state index contributed by atoms with van der Waals surface area (Å²) in [7, 11) is 2.08. The molecule has 1 saturated heterocycles. The number of aromatic nitrogens is 3. The van der Waals surface area contributed by atoms with Crippen molar-refractivity contribution in [2.75, 3.05) is 39.5 Å². The second-order valence-corrected chi connectivity index (χ2v) is 9.17. The number of nitrogens with one attached hydrogen (secondary N) is 1. The van der Waals surface area contributed by atoms with Gasteiger partial charge in [-0.1, -0.05) is 30.3 Å². The average molecular weight is 483 g/mol. The molecule has 1 fully saturated rings. The molecular weight excluding hydrogens is 452 g/mol. The number of hydrogen-bond acceptors (Lipinski definition) is 5. The molecule has 0 saturated carbocycles. The summed E-state index contributed by atoms with van der Waals surface area (Å²) in [5.74, 6) is 1.71. The molecule has 7 nitrogen and oxygen atoms in total. The van der Waals surface area contributed by atoms with Gasteiger partial charge in [0.05, 0.1) is 24.4 Å². The summed E-state index contributed by atoms with van der Waals surface area (Å²) in [6.45, 7) is 5.67. The van der Waals surface area contributed by atoms with Crippen LogP contribution in [-0.2, 0) is 18.4 Å². The van der Waals surface area contributed by atoms with E-state index in [0.29, 0.717) is 13.2 Å². The van der Waals surface area contributed by atoms with Gasteiger partial charge in [-0.05, 0) is 48.0 Å². The molecule has 1 aliphatic heterocycles. The van der Waals surface area contributed by atoms with E-state index in [4.69, 9.17) is 14.2 Å². The minimum atomic E-state index is 0.530. The van der Waals surface area contributed by atoms with Crippen molar-refractivity contribution in [2.24, 2.45) is 7.05 Å². The molecule has 6 rings (SSSR count). The van der Waals surface area contributed by atoms with Gasteiger partial charge in [-0.3, -0.25) is 10.00 Å². The number of hydrogen-bond donors (Lipinski definition) is 1. The molecule has 1 N–H and O–H groups in total. The standard InChI is InChI=1S/C29H30N4O3/c1-32-27-10-8-23(35-16-13-33-11-14-34-15-12-33)17-22(27)18-28(32)29-25-19-24(7-9-26(25)30-31-29)36-20-21-5-3-2-4-6-21/h2-10,17-19H,11-16,20H2,1H3,(H,30,31). The molecule has 3 aromatic carbocycles. The largest absolute Gasteiger partial charge is 0.492 e. The molecule has 7 heteroatoms. The number of H-pyrrole nitrogens is 1. The van der Waals surface area contributed by atoms with Crippen LogP contribution in [0, 0.1) is 0 Å². The molecule has 0 spiro atoms. The molecule has 36 heavy (non-hydrogen) atoms. The van der Waals surface area contributed by atoms with Crippen LogP contribution in [0.5, 0.6) is 11.5 Å². The first-order valence-corrected chi connectivity index (χ1v) is 12.4. The van der Waals surface area contributed by atoms with Crippen LogP contribution in [0.4, 0.5) is 0 Å². The van der Waals surface area contributed by atoms with Gasteiger partial charge >= 0.3 is 0 Å². The van der Waals surface area contributed by atoms with E-state index in [1.165, 1.54) is 0 Å². The van der Waals surface area contributed by atoms with E-state index in [-0.39, 0.29) is 0 Å². The summed E-state index contributed by atoms with van der Waals surface area (Å²) in [6.07, 6.45) is 0. The lowest BCUT2D eigenvalue weighted by molar-refractivity contribution is 0.0322. The Morgan fingerprint density at radius 3 is 2.58 bits per heavy atom. The van der Waals surface area contributed by atoms with E-state index in [0.717, 1.165) is 83.1 Å². The first-order chi connectivity index (χ1) is 17.7. The van der Waals surface area contributed by atoms with Crippen molar-refractivity contribution in [2.45, 2.75) is 6.61 Å². The highest BCUT2D eigenvalue weighted by molar-refractivity contribution is 5.97. The maximum Gasteiger partial charge on any atom is 0.120 e. The van der Waals surface area contributed by atoms with Crippen LogP contribution in [-0.4, -0.2) is 59.1 Å². The lowest BCUT2D eigenvalue weighted by Gasteiger charge is -2.26. The van der Waals surface area contributed by atoms with Crippen LogP contribution in [0.1, 0.15) is 5.56 Å². The zero-order valence-electron chi connectivity index (χ0n) is 20.4. The summed E-state index contributed by atoms with van der Waals surface area (Å²) in [5.41, 5.74) is 5.21. The maximum absolute atomic E-state index is 6.08. The Hall–Kier alpha value is -3.81. The van der Waals surface area contributed by atoms with E-state index in [1.807, 2.05) is 36.4 Å². The van der Waals surface area contributed by atoms with Crippen LogP contribution in [0.2, 0.25) is 0 Å². The van der Waals surface area contributed by atoms with Crippen molar-refractivity contribution in [1.82, 2.24) is 19.7 Å². The highest BCUT2D eigenvalue weighted by Gasteiger charge is 2.16. The Balaban J connectivity index is 1.22. The quantitative estimate of drug-likeness (QED) is 0.337. The van der Waals surface area contributed by atoms with Gasteiger partial charge in [0.2, 0.25) is 0 Å². The summed E-state index contributed by atoms with van der Waals surface area (Å²) >= 11 is 0. The van der Waals surface area contributed by atoms with Crippen molar-refractivity contribution < 1.29 is 14.2 Å². The van der Waals surface area contributed by atoms with Crippen LogP contribution in [0.25, 0.3) is 33.2 Å². The smallest absolute Gasteiger partial charge is 0.120 e. The predicted octanol–water partition coefficient (Wildman–Crippen LogP) is 5.01. The van der Waals surface area contributed by atoms with E-state index >= 15 is 0 Å². The minimum Gasteiger partial charge on any atom is -0.492 e. The number of ether oxygens (including phenoxy) is 3. The van der Waals surface area contributed by atoms with Crippen molar-refractivity contribution >= 4 is 21.8 Å². The second-order valence-electron chi connectivity index (χ2n) is 9.17. The highest BCUT2D eigenvalue weighted by Crippen LogP contribution is 2.34. The van der Waals surface area contributed by atoms with Crippen LogP contribution in [0.3, 0.4) is 0 Å². The molecule has 0 bridgehead atoms. The summed E-state index contributed by atoms with van der Waals surface area (Å²) in [4.78, 5) is 2.38. The third-order valence-electron chi connectivity index (χ3n) is 6.82. The summed E-state index contributed by atoms with van der Waals surface area (Å²) < 4.78 is 19.7. The van der Waals surface area contributed by atoms with Gasteiger partial charge in [-0.2, -0.15) is 5.10 Å². The van der Waals surface area contributed by atoms with Crippen molar-refractivity contribution in [3.8, 4) is 22.9 Å². The number of fused-ring (bicyclic) bond motifs is 2. The first kappa shape index (κ1) is 22.6. The van der Waals surface area contributed by atoms with E-state index < -0.39 is 0 Å². The topological polar surface area (TPSA) is 64.5 Å². The maximum atomic E-state index is 6.08. The van der Waals surface area contributed by atoms with Crippen molar-refractivity contribution in [3.63, 3.8) is 0 Å². The molecule has 184 valence electrons. The number of aromatic amines is 1. The SMILES string of the molecule is Cn1c(-c2n[nH]c3ccc(OCc4ccccc4)cc23)cc2cc(OCCN3CCOCC3)ccc21. The number of benzene rings is 3. The molecule has 0 radical (unpaired) electrons. The fraction of sp³-hybridized carbons (Fsp3) is 0.276. The third-order valence-corrected chi connectivity index (χ3v) is 6.82.